The number of nitrogens with one attached hydrogen (secondary N) is 1. The van der Waals surface area contributed by atoms with Gasteiger partial charge in [-0.05, 0) is 70.7 Å². The molecule has 1 fully saturated rings. The Labute approximate surface area is 229 Å². The predicted octanol–water partition coefficient (Wildman–Crippen LogP) is 7.17. The first-order valence-corrected chi connectivity index (χ1v) is 13.9. The summed E-state index contributed by atoms with van der Waals surface area (Å²) in [4.78, 5) is 26.4. The number of benzene rings is 2. The fourth-order valence-corrected chi connectivity index (χ4v) is 6.53. The second kappa shape index (κ2) is 11.3. The molecule has 3 unspecified atom stereocenters. The fourth-order valence-electron chi connectivity index (χ4n) is 6.53. The van der Waals surface area contributed by atoms with Crippen LogP contribution in [0.3, 0.4) is 0 Å². The minimum Gasteiger partial charge on any atom is -0.496 e. The zero-order valence-electron chi connectivity index (χ0n) is 23.2. The molecule has 3 atom stereocenters. The number of para-hydroxylation sites is 1. The Kier molecular flexibility index (Phi) is 7.85. The number of ether oxygens (including phenoxy) is 1. The topological polar surface area (TPSA) is 60.3 Å². The number of hydrogen-bond donors (Lipinski definition) is 1. The zero-order chi connectivity index (χ0) is 27.7. The largest absolute Gasteiger partial charge is 0.496 e. The van der Waals surface area contributed by atoms with Crippen LogP contribution in [0.4, 0.5) is 4.39 Å². The van der Waals surface area contributed by atoms with Crippen molar-refractivity contribution >= 4 is 22.5 Å². The average Bonchev–Trinajstić information content (AvgIpc) is 3.23. The van der Waals surface area contributed by atoms with Gasteiger partial charge >= 0.3 is 0 Å². The maximum atomic E-state index is 14.6. The van der Waals surface area contributed by atoms with Crippen LogP contribution in [0.15, 0.2) is 71.5 Å². The number of allylic oxidation sites excluding steroid dienone is 3. The molecule has 6 heteroatoms. The molecule has 0 spiro atoms. The van der Waals surface area contributed by atoms with Gasteiger partial charge in [-0.1, -0.05) is 42.0 Å². The van der Waals surface area contributed by atoms with Crippen molar-refractivity contribution in [3.8, 4) is 0 Å². The number of ketones is 2. The van der Waals surface area contributed by atoms with Gasteiger partial charge in [0.05, 0.1) is 7.11 Å². The van der Waals surface area contributed by atoms with Gasteiger partial charge in [-0.15, -0.1) is 0 Å². The van der Waals surface area contributed by atoms with Gasteiger partial charge in [0, 0.05) is 58.2 Å². The maximum Gasteiger partial charge on any atom is 0.166 e. The Bertz CT molecular complexity index is 1480. The zero-order valence-corrected chi connectivity index (χ0v) is 23.2. The van der Waals surface area contributed by atoms with E-state index < -0.39 is 0 Å². The fraction of sp³-hybridized carbons (Fsp3) is 0.394. The maximum absolute atomic E-state index is 14.6. The van der Waals surface area contributed by atoms with Crippen molar-refractivity contribution in [2.24, 2.45) is 5.92 Å². The molecule has 2 aliphatic rings. The Morgan fingerprint density at radius 2 is 1.90 bits per heavy atom. The van der Waals surface area contributed by atoms with E-state index >= 15 is 0 Å². The number of hydrogen-bond acceptors (Lipinski definition) is 4. The molecule has 3 aromatic rings. The number of halogens is 1. The van der Waals surface area contributed by atoms with E-state index in [0.717, 1.165) is 47.1 Å². The third-order valence-electron chi connectivity index (χ3n) is 8.52. The van der Waals surface area contributed by atoms with Crippen LogP contribution in [0.5, 0.6) is 0 Å². The summed E-state index contributed by atoms with van der Waals surface area (Å²) >= 11 is 0. The lowest BCUT2D eigenvalue weighted by molar-refractivity contribution is -0.115. The summed E-state index contributed by atoms with van der Waals surface area (Å²) in [6, 6.07) is 15.2. The molecule has 5 rings (SSSR count). The Morgan fingerprint density at radius 3 is 2.67 bits per heavy atom. The van der Waals surface area contributed by atoms with E-state index in [4.69, 9.17) is 4.74 Å². The van der Waals surface area contributed by atoms with Crippen molar-refractivity contribution in [1.29, 1.82) is 0 Å². The van der Waals surface area contributed by atoms with Crippen LogP contribution in [0.2, 0.25) is 0 Å². The van der Waals surface area contributed by atoms with Crippen molar-refractivity contribution in [2.75, 3.05) is 13.7 Å². The third kappa shape index (κ3) is 5.22. The lowest BCUT2D eigenvalue weighted by Gasteiger charge is -2.35. The first kappa shape index (κ1) is 27.1. The molecule has 39 heavy (non-hydrogen) atoms. The molecule has 1 N–H and O–H groups in total. The molecule has 5 nitrogen and oxygen atoms in total. The molecule has 204 valence electrons. The number of fused-ring (bicyclic) bond motifs is 1. The number of nitrogens with zero attached hydrogens (tertiary/aromatic N) is 1. The molecule has 1 saturated heterocycles. The van der Waals surface area contributed by atoms with Gasteiger partial charge in [0.2, 0.25) is 0 Å². The molecule has 0 amide bonds. The summed E-state index contributed by atoms with van der Waals surface area (Å²) in [5, 5.41) is 4.44. The first-order valence-electron chi connectivity index (χ1n) is 13.9. The summed E-state index contributed by atoms with van der Waals surface area (Å²) in [5.74, 6) is 0.777. The lowest BCUT2D eigenvalue weighted by Crippen LogP contribution is -2.35. The second-order valence-corrected chi connectivity index (χ2v) is 11.0. The quantitative estimate of drug-likeness (QED) is 0.315. The second-order valence-electron chi connectivity index (χ2n) is 11.0. The Morgan fingerprint density at radius 1 is 1.15 bits per heavy atom. The molecule has 0 radical (unpaired) electrons. The summed E-state index contributed by atoms with van der Waals surface area (Å²) < 4.78 is 22.3. The lowest BCUT2D eigenvalue weighted by atomic mass is 9.84. The van der Waals surface area contributed by atoms with Gasteiger partial charge in [0.15, 0.2) is 11.6 Å². The SMILES string of the molecule is COC1=C(CCC(=O)c2c(C)n(C(C)C3CCNC(c4ccccc4F)C3)c3ccccc23)C(=O)CC(C)=C1. The summed E-state index contributed by atoms with van der Waals surface area (Å²) in [6.45, 7) is 6.97. The number of carbonyl (C=O) groups excluding carboxylic acids is 2. The minimum atomic E-state index is -0.173. The van der Waals surface area contributed by atoms with Gasteiger partial charge in [-0.25, -0.2) is 4.39 Å². The van der Waals surface area contributed by atoms with E-state index in [1.54, 1.807) is 13.2 Å². The van der Waals surface area contributed by atoms with Crippen molar-refractivity contribution in [2.45, 2.75) is 65.0 Å². The van der Waals surface area contributed by atoms with Gasteiger partial charge in [0.1, 0.15) is 11.6 Å². The van der Waals surface area contributed by atoms with Crippen LogP contribution in [0.25, 0.3) is 10.9 Å². The number of methoxy groups -OCH3 is 1. The molecular formula is C33H37FN2O3. The number of Topliss-reactive ketones (excluding diaryl/α,β-unsaturated/α-hetero) is 2. The molecule has 1 aromatic heterocycles. The molecular weight excluding hydrogens is 491 g/mol. The van der Waals surface area contributed by atoms with Crippen LogP contribution in [0, 0.1) is 18.7 Å². The minimum absolute atomic E-state index is 0.0303. The Hall–Kier alpha value is -3.51. The van der Waals surface area contributed by atoms with E-state index in [-0.39, 0.29) is 35.9 Å². The molecule has 0 saturated carbocycles. The average molecular weight is 529 g/mol. The van der Waals surface area contributed by atoms with Crippen LogP contribution in [-0.4, -0.2) is 29.8 Å². The molecule has 2 aromatic carbocycles. The highest BCUT2D eigenvalue weighted by Gasteiger charge is 2.32. The highest BCUT2D eigenvalue weighted by atomic mass is 19.1. The van der Waals surface area contributed by atoms with Gasteiger partial charge < -0.3 is 14.6 Å². The summed E-state index contributed by atoms with van der Waals surface area (Å²) in [5.41, 5.74) is 4.99. The highest BCUT2D eigenvalue weighted by molar-refractivity contribution is 6.10. The van der Waals surface area contributed by atoms with E-state index in [1.807, 2.05) is 50.3 Å². The smallest absolute Gasteiger partial charge is 0.166 e. The van der Waals surface area contributed by atoms with E-state index in [9.17, 15) is 14.0 Å². The predicted molar refractivity (Wildman–Crippen MR) is 152 cm³/mol. The molecule has 0 bridgehead atoms. The van der Waals surface area contributed by atoms with Crippen molar-refractivity contribution in [3.05, 3.63) is 94.2 Å². The molecule has 2 heterocycles. The van der Waals surface area contributed by atoms with Crippen LogP contribution < -0.4 is 5.32 Å². The van der Waals surface area contributed by atoms with E-state index in [0.29, 0.717) is 35.7 Å². The van der Waals surface area contributed by atoms with Crippen LogP contribution in [-0.2, 0) is 9.53 Å². The number of carbonyl (C=O) groups is 2. The number of piperidine rings is 1. The van der Waals surface area contributed by atoms with Gasteiger partial charge in [-0.3, -0.25) is 9.59 Å². The monoisotopic (exact) mass is 528 g/mol. The number of rotatable bonds is 8. The van der Waals surface area contributed by atoms with Crippen LogP contribution >= 0.6 is 0 Å². The summed E-state index contributed by atoms with van der Waals surface area (Å²) in [7, 11) is 1.57. The third-order valence-corrected chi connectivity index (χ3v) is 8.52. The highest BCUT2D eigenvalue weighted by Crippen LogP contribution is 2.39. The van der Waals surface area contributed by atoms with Crippen molar-refractivity contribution in [1.82, 2.24) is 9.88 Å². The Balaban J connectivity index is 1.43. The normalized spacial score (nSPS) is 20.7. The molecule has 1 aliphatic heterocycles. The van der Waals surface area contributed by atoms with Crippen molar-refractivity contribution < 1.29 is 18.7 Å². The molecule has 1 aliphatic carbocycles. The van der Waals surface area contributed by atoms with Gasteiger partial charge in [-0.2, -0.15) is 0 Å². The van der Waals surface area contributed by atoms with Crippen molar-refractivity contribution in [3.63, 3.8) is 0 Å². The number of aromatic nitrogens is 1. The van der Waals surface area contributed by atoms with Crippen LogP contribution in [0.1, 0.15) is 79.7 Å². The standard InChI is InChI=1S/C33H37FN2O3/c1-20-17-31(38)26(32(18-20)39-4)13-14-30(37)33-22(3)36(29-12-8-6-10-25(29)33)21(2)23-15-16-35-28(19-23)24-9-5-7-11-27(24)34/h5-12,18,21,23,28,35H,13-17,19H2,1-4H3. The first-order chi connectivity index (χ1) is 18.8. The van der Waals surface area contributed by atoms with Gasteiger partial charge in [0.25, 0.3) is 0 Å². The summed E-state index contributed by atoms with van der Waals surface area (Å²) in [6.07, 6.45) is 4.67. The van der Waals surface area contributed by atoms with E-state index in [2.05, 4.69) is 22.9 Å². The van der Waals surface area contributed by atoms with E-state index in [1.165, 1.54) is 6.07 Å².